The van der Waals surface area contributed by atoms with Gasteiger partial charge in [0.05, 0.1) is 32.7 Å². The Morgan fingerprint density at radius 2 is 1.18 bits per heavy atom. The van der Waals surface area contributed by atoms with Gasteiger partial charge in [0.15, 0.2) is 0 Å². The Kier molecular flexibility index (Phi) is 11.8. The number of hydrogen-bond acceptors (Lipinski definition) is 3. The maximum absolute atomic E-state index is 11.3. The number of carboxylic acid groups (broad SMARTS) is 1. The highest BCUT2D eigenvalue weighted by atomic mass is 31.2. The normalized spacial score (nSPS) is 12.9. The van der Waals surface area contributed by atoms with Crippen molar-refractivity contribution in [3.05, 3.63) is 91.0 Å². The molecule has 0 saturated carbocycles. The van der Waals surface area contributed by atoms with Crippen molar-refractivity contribution in [3.63, 3.8) is 0 Å². The van der Waals surface area contributed by atoms with Crippen LogP contribution in [0.4, 0.5) is 13.2 Å². The number of quaternary nitrogens is 1. The van der Waals surface area contributed by atoms with E-state index in [0.717, 1.165) is 19.0 Å². The van der Waals surface area contributed by atoms with Gasteiger partial charge in [-0.1, -0.05) is 54.6 Å². The Bertz CT molecular complexity index is 1150. The molecule has 7 nitrogen and oxygen atoms in total. The molecule has 0 spiro atoms. The van der Waals surface area contributed by atoms with E-state index in [2.05, 4.69) is 91.0 Å². The molecule has 40 heavy (non-hydrogen) atoms. The summed E-state index contributed by atoms with van der Waals surface area (Å²) in [6, 6.07) is 32.5. The van der Waals surface area contributed by atoms with Gasteiger partial charge in [-0.2, -0.15) is 13.2 Å². The molecule has 1 amide bonds. The van der Waals surface area contributed by atoms with Crippen LogP contribution in [0.25, 0.3) is 0 Å². The van der Waals surface area contributed by atoms with Crippen LogP contribution in [0.2, 0.25) is 0 Å². The molecule has 0 aliphatic heterocycles. The molecule has 3 aromatic rings. The number of hydrogen-bond donors (Lipinski definition) is 4. The van der Waals surface area contributed by atoms with Gasteiger partial charge in [-0.25, -0.2) is 10.2 Å². The van der Waals surface area contributed by atoms with Gasteiger partial charge in [-0.3, -0.25) is 9.28 Å². The lowest BCUT2D eigenvalue weighted by Gasteiger charge is -2.32. The van der Waals surface area contributed by atoms with E-state index in [1.54, 1.807) is 0 Å². The number of alkyl halides is 3. The number of carboxylic acids is 1. The fourth-order valence-electron chi connectivity index (χ4n) is 4.40. The summed E-state index contributed by atoms with van der Waals surface area (Å²) in [4.78, 5) is 20.2. The highest BCUT2D eigenvalue weighted by Crippen LogP contribution is 2.55. The molecule has 11 heteroatoms. The third-order valence-electron chi connectivity index (χ3n) is 6.66. The number of halogens is 3. The van der Waals surface area contributed by atoms with E-state index in [9.17, 15) is 18.0 Å². The average molecular weight is 577 g/mol. The number of rotatable bonds is 11. The fraction of sp³-hybridized carbons (Fsp3) is 0.276. The second kappa shape index (κ2) is 14.6. The number of carbonyl (C=O) groups is 2. The molecule has 0 bridgehead atoms. The third-order valence-corrected chi connectivity index (χ3v) is 11.2. The quantitative estimate of drug-likeness (QED) is 0.0914. The van der Waals surface area contributed by atoms with E-state index in [0.29, 0.717) is 13.1 Å². The minimum Gasteiger partial charge on any atom is -0.475 e. The van der Waals surface area contributed by atoms with Crippen LogP contribution in [0.15, 0.2) is 91.0 Å². The van der Waals surface area contributed by atoms with Gasteiger partial charge < -0.3 is 16.6 Å². The first-order chi connectivity index (χ1) is 18.8. The molecule has 0 fully saturated rings. The molecule has 1 unspecified atom stereocenters. The SMILES string of the molecule is C[N+](CCCC[P+](c1ccccc1)(c1ccccc1)c1ccccc1)(CCC(N)=O)C(=N)N.O=C(O)C(F)(F)F. The molecule has 214 valence electrons. The molecule has 1 atom stereocenters. The van der Waals surface area contributed by atoms with Crippen molar-refractivity contribution in [2.45, 2.75) is 25.4 Å². The molecule has 3 aromatic carbocycles. The van der Waals surface area contributed by atoms with Gasteiger partial charge in [0, 0.05) is 6.42 Å². The van der Waals surface area contributed by atoms with Gasteiger partial charge >= 0.3 is 12.1 Å². The van der Waals surface area contributed by atoms with Crippen LogP contribution in [0.3, 0.4) is 0 Å². The number of nitrogens with zero attached hydrogens (tertiary/aromatic N) is 1. The lowest BCUT2D eigenvalue weighted by molar-refractivity contribution is -0.822. The van der Waals surface area contributed by atoms with Crippen LogP contribution in [-0.2, 0) is 9.59 Å². The first-order valence-electron chi connectivity index (χ1n) is 12.7. The van der Waals surface area contributed by atoms with Gasteiger partial charge in [0.25, 0.3) is 5.96 Å². The molecule has 6 N–H and O–H groups in total. The van der Waals surface area contributed by atoms with Crippen LogP contribution in [-0.4, -0.2) is 59.9 Å². The van der Waals surface area contributed by atoms with Crippen molar-refractivity contribution in [2.75, 3.05) is 26.3 Å². The fourth-order valence-corrected chi connectivity index (χ4v) is 8.81. The van der Waals surface area contributed by atoms with Gasteiger partial charge in [0.2, 0.25) is 5.91 Å². The number of unbranched alkanes of at least 4 members (excludes halogenated alkanes) is 1. The second-order valence-electron chi connectivity index (χ2n) is 9.49. The van der Waals surface area contributed by atoms with Crippen LogP contribution in [0, 0.1) is 5.41 Å². The first kappa shape index (κ1) is 32.5. The predicted octanol–water partition coefficient (Wildman–Crippen LogP) is 3.61. The lowest BCUT2D eigenvalue weighted by atomic mass is 10.2. The molecule has 0 aromatic heterocycles. The summed E-state index contributed by atoms with van der Waals surface area (Å²) in [5, 5.41) is 19.3. The van der Waals surface area contributed by atoms with E-state index in [1.165, 1.54) is 15.9 Å². The number of primary amides is 1. The standard InChI is InChI=1S/C27H34N4OP.C2HF3O2/c1-31(27(29)30,21-19-26(28)32)20-11-12-22-33(23-13-5-2-6-14-23,24-15-7-3-8-16-24)25-17-9-4-10-18-25;3-2(4,5)1(6)7/h2-10,13-18H,11-12,19-22H2,1H3,(H4-,28,29,30,32);(H,6,7)/q+1;/p+1. The Morgan fingerprint density at radius 1 is 0.800 bits per heavy atom. The summed E-state index contributed by atoms with van der Waals surface area (Å²) in [6.45, 7) is 1.17. The van der Waals surface area contributed by atoms with Gasteiger partial charge in [-0.15, -0.1) is 0 Å². The summed E-state index contributed by atoms with van der Waals surface area (Å²) >= 11 is 0. The number of nitrogens with two attached hydrogens (primary N) is 2. The monoisotopic (exact) mass is 576 g/mol. The summed E-state index contributed by atoms with van der Waals surface area (Å²) in [6.07, 6.45) is -1.93. The average Bonchev–Trinajstić information content (AvgIpc) is 2.93. The summed E-state index contributed by atoms with van der Waals surface area (Å²) in [7, 11) is 0.0599. The maximum Gasteiger partial charge on any atom is 0.490 e. The highest BCUT2D eigenvalue weighted by molar-refractivity contribution is 7.95. The Labute approximate surface area is 233 Å². The number of benzene rings is 3. The third kappa shape index (κ3) is 8.89. The Hall–Kier alpha value is -3.75. The molecule has 3 rings (SSSR count). The molecule has 0 aliphatic carbocycles. The highest BCUT2D eigenvalue weighted by Gasteiger charge is 2.44. The Morgan fingerprint density at radius 3 is 1.48 bits per heavy atom. The number of guanidine groups is 1. The number of amides is 1. The topological polar surface area (TPSA) is 130 Å². The van der Waals surface area contributed by atoms with Crippen LogP contribution >= 0.6 is 7.26 Å². The largest absolute Gasteiger partial charge is 0.490 e. The van der Waals surface area contributed by atoms with Crippen molar-refractivity contribution in [1.82, 2.24) is 0 Å². The van der Waals surface area contributed by atoms with E-state index in [1.807, 2.05) is 7.05 Å². The summed E-state index contributed by atoms with van der Waals surface area (Å²) in [5.74, 6) is -3.04. The van der Waals surface area contributed by atoms with Crippen molar-refractivity contribution in [1.29, 1.82) is 5.41 Å². The molecular weight excluding hydrogens is 540 g/mol. The predicted molar refractivity (Wildman–Crippen MR) is 155 cm³/mol. The zero-order valence-corrected chi connectivity index (χ0v) is 23.2. The van der Waals surface area contributed by atoms with Crippen molar-refractivity contribution in [2.24, 2.45) is 11.5 Å². The van der Waals surface area contributed by atoms with Crippen LogP contribution in [0.1, 0.15) is 19.3 Å². The number of carbonyl (C=O) groups excluding carboxylic acids is 1. The lowest BCUT2D eigenvalue weighted by Crippen LogP contribution is -2.54. The number of aliphatic carboxylic acids is 1. The molecule has 0 saturated heterocycles. The first-order valence-corrected chi connectivity index (χ1v) is 14.6. The number of nitrogens with one attached hydrogen (secondary N) is 1. The van der Waals surface area contributed by atoms with Crippen LogP contribution < -0.4 is 27.4 Å². The van der Waals surface area contributed by atoms with Crippen LogP contribution in [0.5, 0.6) is 0 Å². The van der Waals surface area contributed by atoms with Gasteiger partial charge in [0.1, 0.15) is 23.2 Å². The maximum atomic E-state index is 11.3. The van der Waals surface area contributed by atoms with Crippen molar-refractivity contribution < 1.29 is 32.3 Å². The van der Waals surface area contributed by atoms with E-state index >= 15 is 0 Å². The zero-order chi connectivity index (χ0) is 29.8. The molecule has 0 radical (unpaired) electrons. The molecular formula is C29H36F3N4O3P+2. The smallest absolute Gasteiger partial charge is 0.475 e. The summed E-state index contributed by atoms with van der Waals surface area (Å²) in [5.41, 5.74) is 11.3. The Balaban J connectivity index is 0.000000708. The second-order valence-corrected chi connectivity index (χ2v) is 13.1. The van der Waals surface area contributed by atoms with Crippen molar-refractivity contribution >= 4 is 41.0 Å². The zero-order valence-electron chi connectivity index (χ0n) is 22.3. The van der Waals surface area contributed by atoms with Crippen molar-refractivity contribution in [3.8, 4) is 0 Å². The van der Waals surface area contributed by atoms with E-state index in [4.69, 9.17) is 26.8 Å². The van der Waals surface area contributed by atoms with E-state index in [-0.39, 0.29) is 22.8 Å². The minimum atomic E-state index is -5.08. The summed E-state index contributed by atoms with van der Waals surface area (Å²) < 4.78 is 32.0. The molecule has 0 heterocycles. The minimum absolute atomic E-state index is 0.0755. The molecule has 0 aliphatic rings. The van der Waals surface area contributed by atoms with Gasteiger partial charge in [-0.05, 0) is 42.8 Å². The van der Waals surface area contributed by atoms with E-state index < -0.39 is 19.4 Å².